The summed E-state index contributed by atoms with van der Waals surface area (Å²) >= 11 is 0. The Morgan fingerprint density at radius 3 is 2.11 bits per heavy atom. The van der Waals surface area contributed by atoms with Gasteiger partial charge in [-0.25, -0.2) is 0 Å². The summed E-state index contributed by atoms with van der Waals surface area (Å²) in [5.41, 5.74) is 1.40. The fourth-order valence-corrected chi connectivity index (χ4v) is 2.61. The van der Waals surface area contributed by atoms with E-state index >= 15 is 0 Å². The van der Waals surface area contributed by atoms with Gasteiger partial charge in [0.25, 0.3) is 0 Å². The summed E-state index contributed by atoms with van der Waals surface area (Å²) < 4.78 is 2.50. The summed E-state index contributed by atoms with van der Waals surface area (Å²) in [5, 5.41) is 0. The molecule has 0 unspecified atom stereocenters. The monoisotopic (exact) mass is 157 g/mol. The highest BCUT2D eigenvalue weighted by molar-refractivity contribution is 6.53. The molecule has 0 saturated carbocycles. The predicted molar refractivity (Wildman–Crippen MR) is 45.1 cm³/mol. The summed E-state index contributed by atoms with van der Waals surface area (Å²) in [6.45, 7) is 9.18. The summed E-state index contributed by atoms with van der Waals surface area (Å²) in [6, 6.07) is 0. The van der Waals surface area contributed by atoms with Crippen molar-refractivity contribution in [3.63, 3.8) is 0 Å². The number of rotatable bonds is 5. The van der Waals surface area contributed by atoms with Crippen molar-refractivity contribution in [3.05, 3.63) is 0 Å². The minimum Gasteiger partial charge on any atom is -0.326 e. The Morgan fingerprint density at radius 1 is 1.22 bits per heavy atom. The molecule has 0 aromatic carbocycles. The van der Waals surface area contributed by atoms with Gasteiger partial charge in [0.15, 0.2) is 0 Å². The molecule has 0 aromatic heterocycles. The third-order valence-corrected chi connectivity index (χ3v) is 4.37. The van der Waals surface area contributed by atoms with Gasteiger partial charge in [0.05, 0.1) is 0 Å². The molecule has 0 aliphatic carbocycles. The Labute approximate surface area is 63.6 Å². The topological polar surface area (TPSA) is 3.24 Å². The second-order valence-corrected chi connectivity index (χ2v) is 4.93. The zero-order valence-corrected chi connectivity index (χ0v) is 8.57. The smallest absolute Gasteiger partial charge is 0.138 e. The fourth-order valence-electron chi connectivity index (χ4n) is 0.638. The van der Waals surface area contributed by atoms with Crippen LogP contribution in [0.2, 0.25) is 12.2 Å². The molecule has 0 bridgehead atoms. The normalized spacial score (nSPS) is 10.7. The van der Waals surface area contributed by atoms with Gasteiger partial charge in [-0.2, -0.15) is 0 Å². The van der Waals surface area contributed by atoms with E-state index in [9.17, 15) is 0 Å². The molecule has 0 aliphatic heterocycles. The van der Waals surface area contributed by atoms with Gasteiger partial charge in [0, 0.05) is 9.52 Å². The van der Waals surface area contributed by atoms with E-state index in [1.807, 2.05) is 0 Å². The van der Waals surface area contributed by atoms with Crippen LogP contribution in [0.3, 0.4) is 0 Å². The molecule has 0 amide bonds. The van der Waals surface area contributed by atoms with Crippen LogP contribution in [0.25, 0.3) is 0 Å². The van der Waals surface area contributed by atoms with Crippen molar-refractivity contribution in [2.24, 2.45) is 0 Å². The van der Waals surface area contributed by atoms with Crippen LogP contribution in [0.1, 0.15) is 13.8 Å². The molecule has 0 aliphatic rings. The standard InChI is InChI=1S/C6H15NSi2/c1-4-7(5-2)9-6-8-3/h4-6H2,1-3H3. The molecule has 52 valence electrons. The van der Waals surface area contributed by atoms with Crippen LogP contribution in [0, 0.1) is 0 Å². The first kappa shape index (κ1) is 9.39. The lowest BCUT2D eigenvalue weighted by Gasteiger charge is -2.15. The van der Waals surface area contributed by atoms with E-state index in [2.05, 4.69) is 25.0 Å². The van der Waals surface area contributed by atoms with Crippen molar-refractivity contribution in [2.75, 3.05) is 13.1 Å². The van der Waals surface area contributed by atoms with Crippen molar-refractivity contribution in [1.82, 2.24) is 4.57 Å². The second kappa shape index (κ2) is 6.51. The number of nitrogens with zero attached hydrogens (tertiary/aromatic N) is 1. The van der Waals surface area contributed by atoms with Crippen LogP contribution in [-0.2, 0) is 0 Å². The molecule has 0 heterocycles. The molecule has 9 heavy (non-hydrogen) atoms. The van der Waals surface area contributed by atoms with Crippen LogP contribution in [-0.4, -0.2) is 36.9 Å². The molecule has 4 radical (unpaired) electrons. The fraction of sp³-hybridized carbons (Fsp3) is 1.00. The molecular weight excluding hydrogens is 142 g/mol. The third-order valence-electron chi connectivity index (χ3n) is 1.24. The number of hydrogen-bond acceptors (Lipinski definition) is 1. The second-order valence-electron chi connectivity index (χ2n) is 1.86. The minimum absolute atomic E-state index is 1.07. The van der Waals surface area contributed by atoms with Gasteiger partial charge >= 0.3 is 0 Å². The highest BCUT2D eigenvalue weighted by atomic mass is 28.3. The SMILES string of the molecule is CCN(CC)[Si]C[Si]C. The Kier molecular flexibility index (Phi) is 6.80. The lowest BCUT2D eigenvalue weighted by molar-refractivity contribution is 0.494. The highest BCUT2D eigenvalue weighted by Gasteiger charge is 1.97. The van der Waals surface area contributed by atoms with Crippen LogP contribution in [0.5, 0.6) is 0 Å². The quantitative estimate of drug-likeness (QED) is 0.540. The first-order chi connectivity index (χ1) is 4.35. The first-order valence-electron chi connectivity index (χ1n) is 3.48. The van der Waals surface area contributed by atoms with Crippen molar-refractivity contribution in [3.8, 4) is 0 Å². The van der Waals surface area contributed by atoms with E-state index in [1.54, 1.807) is 0 Å². The summed E-state index contributed by atoms with van der Waals surface area (Å²) in [5.74, 6) is 0. The van der Waals surface area contributed by atoms with Gasteiger partial charge in [0.2, 0.25) is 0 Å². The Hall–Kier alpha value is 0.394. The summed E-state index contributed by atoms with van der Waals surface area (Å²) in [4.78, 5) is 0. The van der Waals surface area contributed by atoms with Gasteiger partial charge in [-0.15, -0.1) is 0 Å². The summed E-state index contributed by atoms with van der Waals surface area (Å²) in [6.07, 6.45) is 0. The van der Waals surface area contributed by atoms with Crippen LogP contribution >= 0.6 is 0 Å². The zero-order valence-electron chi connectivity index (χ0n) is 6.57. The lowest BCUT2D eigenvalue weighted by Crippen LogP contribution is -2.27. The van der Waals surface area contributed by atoms with Gasteiger partial charge in [-0.3, -0.25) is 0 Å². The van der Waals surface area contributed by atoms with Gasteiger partial charge < -0.3 is 4.57 Å². The molecule has 0 fully saturated rings. The molecule has 3 heteroatoms. The molecule has 0 rings (SSSR count). The molecule has 0 N–H and O–H groups in total. The molecular formula is C6H15NSi2. The Bertz CT molecular complexity index is 55.0. The number of hydrogen-bond donors (Lipinski definition) is 0. The molecule has 1 nitrogen and oxygen atoms in total. The van der Waals surface area contributed by atoms with Gasteiger partial charge in [0.1, 0.15) is 9.68 Å². The van der Waals surface area contributed by atoms with E-state index < -0.39 is 0 Å². The van der Waals surface area contributed by atoms with E-state index in [0.29, 0.717) is 0 Å². The predicted octanol–water partition coefficient (Wildman–Crippen LogP) is 1.08. The van der Waals surface area contributed by atoms with E-state index in [4.69, 9.17) is 0 Å². The minimum atomic E-state index is 1.07. The maximum absolute atomic E-state index is 2.50. The summed E-state index contributed by atoms with van der Waals surface area (Å²) in [7, 11) is 2.20. The average Bonchev–Trinajstić information content (AvgIpc) is 1.91. The third kappa shape index (κ3) is 4.87. The van der Waals surface area contributed by atoms with Crippen LogP contribution in [0.15, 0.2) is 0 Å². The van der Waals surface area contributed by atoms with Crippen LogP contribution < -0.4 is 0 Å². The van der Waals surface area contributed by atoms with Crippen molar-refractivity contribution >= 4 is 19.2 Å². The van der Waals surface area contributed by atoms with Crippen LogP contribution in [0.4, 0.5) is 0 Å². The van der Waals surface area contributed by atoms with Crippen molar-refractivity contribution < 1.29 is 0 Å². The first-order valence-corrected chi connectivity index (χ1v) is 6.34. The lowest BCUT2D eigenvalue weighted by atomic mass is 10.7. The van der Waals surface area contributed by atoms with E-state index in [1.165, 1.54) is 18.8 Å². The molecule has 0 atom stereocenters. The maximum Gasteiger partial charge on any atom is 0.138 e. The van der Waals surface area contributed by atoms with E-state index in [0.717, 1.165) is 19.2 Å². The largest absolute Gasteiger partial charge is 0.326 e. The molecule has 0 saturated heterocycles. The zero-order chi connectivity index (χ0) is 7.11. The Morgan fingerprint density at radius 2 is 1.78 bits per heavy atom. The van der Waals surface area contributed by atoms with E-state index in [-0.39, 0.29) is 0 Å². The molecule has 0 aromatic rings. The van der Waals surface area contributed by atoms with Gasteiger partial charge in [-0.05, 0) is 13.1 Å². The maximum atomic E-state index is 2.50. The van der Waals surface area contributed by atoms with Crippen molar-refractivity contribution in [2.45, 2.75) is 26.1 Å². The highest BCUT2D eigenvalue weighted by Crippen LogP contribution is 1.85. The van der Waals surface area contributed by atoms with Gasteiger partial charge in [-0.1, -0.05) is 26.1 Å². The van der Waals surface area contributed by atoms with Crippen molar-refractivity contribution in [1.29, 1.82) is 0 Å². The Balaban J connectivity index is 3.09. The molecule has 0 spiro atoms. The average molecular weight is 157 g/mol.